The van der Waals surface area contributed by atoms with E-state index in [0.29, 0.717) is 11.5 Å². The first-order valence-corrected chi connectivity index (χ1v) is 12.3. The average molecular weight is 449 g/mol. The van der Waals surface area contributed by atoms with Gasteiger partial charge in [-0.15, -0.1) is 0 Å². The average Bonchev–Trinajstić information content (AvgIpc) is 3.22. The quantitative estimate of drug-likeness (QED) is 0.672. The molecule has 2 atom stereocenters. The van der Waals surface area contributed by atoms with Gasteiger partial charge in [0.1, 0.15) is 5.75 Å². The van der Waals surface area contributed by atoms with Crippen molar-refractivity contribution >= 4 is 32.5 Å². The second kappa shape index (κ2) is 8.39. The molecule has 30 heavy (non-hydrogen) atoms. The van der Waals surface area contributed by atoms with E-state index in [-0.39, 0.29) is 23.6 Å². The smallest absolute Gasteiger partial charge is 0.164 e. The van der Waals surface area contributed by atoms with E-state index in [1.54, 1.807) is 33.1 Å². The zero-order chi connectivity index (χ0) is 21.3. The number of sulfone groups is 1. The van der Waals surface area contributed by atoms with Crippen LogP contribution in [0.1, 0.15) is 5.56 Å². The molecular weight excluding hydrogens is 424 g/mol. The van der Waals surface area contributed by atoms with E-state index >= 15 is 0 Å². The maximum atomic E-state index is 12.2. The van der Waals surface area contributed by atoms with Crippen molar-refractivity contribution in [2.24, 2.45) is 4.99 Å². The van der Waals surface area contributed by atoms with Crippen molar-refractivity contribution in [3.05, 3.63) is 48.0 Å². The lowest BCUT2D eigenvalue weighted by Crippen LogP contribution is -2.39. The van der Waals surface area contributed by atoms with Crippen molar-refractivity contribution in [2.75, 3.05) is 37.7 Å². The Labute approximate surface area is 181 Å². The standard InChI is InChI=1S/C21H24N2O5S2/c1-26-16-7-4-14(5-8-16)11-29-21-22-17-12-30(24,25)13-18(17)23(21)15-6-9-19(27-2)20(10-15)28-3/h4-10,17-18H,11-13H2,1-3H3/t17-,18+/m0/s1. The molecule has 2 aliphatic rings. The van der Waals surface area contributed by atoms with Crippen molar-refractivity contribution in [1.82, 2.24) is 0 Å². The van der Waals surface area contributed by atoms with E-state index in [1.165, 1.54) is 0 Å². The number of nitrogens with zero attached hydrogens (tertiary/aromatic N) is 2. The number of rotatable bonds is 6. The van der Waals surface area contributed by atoms with Crippen molar-refractivity contribution in [1.29, 1.82) is 0 Å². The molecule has 0 N–H and O–H groups in total. The monoisotopic (exact) mass is 448 g/mol. The number of aliphatic imine (C=N–C) groups is 1. The van der Waals surface area contributed by atoms with Gasteiger partial charge >= 0.3 is 0 Å². The highest BCUT2D eigenvalue weighted by atomic mass is 32.2. The van der Waals surface area contributed by atoms with Crippen molar-refractivity contribution in [2.45, 2.75) is 17.8 Å². The van der Waals surface area contributed by atoms with Crippen molar-refractivity contribution in [3.63, 3.8) is 0 Å². The number of hydrogen-bond acceptors (Lipinski definition) is 8. The first-order valence-electron chi connectivity index (χ1n) is 9.49. The molecule has 0 unspecified atom stereocenters. The van der Waals surface area contributed by atoms with Crippen LogP contribution in [0, 0.1) is 0 Å². The number of thioether (sulfide) groups is 1. The van der Waals surface area contributed by atoms with Crippen LogP contribution in [0.3, 0.4) is 0 Å². The molecule has 9 heteroatoms. The molecule has 0 spiro atoms. The number of anilines is 1. The first-order chi connectivity index (χ1) is 14.4. The fraction of sp³-hybridized carbons (Fsp3) is 0.381. The minimum absolute atomic E-state index is 0.0913. The van der Waals surface area contributed by atoms with Gasteiger partial charge in [-0.25, -0.2) is 8.42 Å². The lowest BCUT2D eigenvalue weighted by Gasteiger charge is -2.27. The molecule has 2 aromatic rings. The highest BCUT2D eigenvalue weighted by Gasteiger charge is 2.47. The van der Waals surface area contributed by atoms with E-state index in [1.807, 2.05) is 47.4 Å². The van der Waals surface area contributed by atoms with Crippen LogP contribution in [0.5, 0.6) is 17.2 Å². The topological polar surface area (TPSA) is 77.4 Å². The van der Waals surface area contributed by atoms with Gasteiger partial charge in [0.05, 0.1) is 44.9 Å². The molecule has 160 valence electrons. The summed E-state index contributed by atoms with van der Waals surface area (Å²) in [7, 11) is 1.72. The van der Waals surface area contributed by atoms with E-state index < -0.39 is 9.84 Å². The molecule has 0 bridgehead atoms. The van der Waals surface area contributed by atoms with Gasteiger partial charge in [0.2, 0.25) is 0 Å². The van der Waals surface area contributed by atoms with Gasteiger partial charge in [-0.3, -0.25) is 4.99 Å². The molecule has 2 aliphatic heterocycles. The van der Waals surface area contributed by atoms with Gasteiger partial charge in [0.15, 0.2) is 26.5 Å². The molecule has 0 radical (unpaired) electrons. The number of fused-ring (bicyclic) bond motifs is 1. The molecule has 2 heterocycles. The Kier molecular flexibility index (Phi) is 5.84. The molecule has 2 aromatic carbocycles. The third-order valence-corrected chi connectivity index (χ3v) is 8.02. The SMILES string of the molecule is COc1ccc(CSC2=N[C@H]3CS(=O)(=O)C[C@H]3N2c2ccc(OC)c(OC)c2)cc1. The zero-order valence-corrected chi connectivity index (χ0v) is 18.7. The van der Waals surface area contributed by atoms with Crippen LogP contribution in [0.25, 0.3) is 0 Å². The number of amidine groups is 1. The van der Waals surface area contributed by atoms with Gasteiger partial charge in [-0.2, -0.15) is 0 Å². The second-order valence-electron chi connectivity index (χ2n) is 7.17. The summed E-state index contributed by atoms with van der Waals surface area (Å²) < 4.78 is 40.5. The van der Waals surface area contributed by atoms with Gasteiger partial charge in [-0.05, 0) is 29.8 Å². The molecule has 0 saturated carbocycles. The fourth-order valence-electron chi connectivity index (χ4n) is 3.78. The minimum atomic E-state index is -3.10. The maximum absolute atomic E-state index is 12.2. The van der Waals surface area contributed by atoms with Crippen LogP contribution in [0.2, 0.25) is 0 Å². The van der Waals surface area contributed by atoms with E-state index in [0.717, 1.165) is 27.9 Å². The van der Waals surface area contributed by atoms with E-state index in [2.05, 4.69) is 0 Å². The number of hydrogen-bond donors (Lipinski definition) is 0. The Morgan fingerprint density at radius 2 is 1.73 bits per heavy atom. The maximum Gasteiger partial charge on any atom is 0.164 e. The van der Waals surface area contributed by atoms with Crippen molar-refractivity contribution in [3.8, 4) is 17.2 Å². The fourth-order valence-corrected chi connectivity index (χ4v) is 6.70. The molecule has 1 saturated heterocycles. The van der Waals surface area contributed by atoms with E-state index in [9.17, 15) is 8.42 Å². The van der Waals surface area contributed by atoms with Crippen LogP contribution >= 0.6 is 11.8 Å². The Morgan fingerprint density at radius 1 is 1.00 bits per heavy atom. The van der Waals surface area contributed by atoms with Crippen LogP contribution in [0.15, 0.2) is 47.5 Å². The van der Waals surface area contributed by atoms with Gasteiger partial charge < -0.3 is 19.1 Å². The summed E-state index contributed by atoms with van der Waals surface area (Å²) in [5.41, 5.74) is 1.98. The van der Waals surface area contributed by atoms with Crippen molar-refractivity contribution < 1.29 is 22.6 Å². The summed E-state index contributed by atoms with van der Waals surface area (Å²) >= 11 is 1.60. The first kappa shape index (κ1) is 20.9. The van der Waals surface area contributed by atoms with E-state index in [4.69, 9.17) is 19.2 Å². The Balaban J connectivity index is 1.62. The number of ether oxygens (including phenoxy) is 3. The lowest BCUT2D eigenvalue weighted by molar-refractivity contribution is 0.355. The van der Waals surface area contributed by atoms with Gasteiger partial charge in [0, 0.05) is 17.5 Å². The summed E-state index contributed by atoms with van der Waals surface area (Å²) in [6, 6.07) is 13.1. The van der Waals surface area contributed by atoms with Crippen LogP contribution in [0.4, 0.5) is 5.69 Å². The summed E-state index contributed by atoms with van der Waals surface area (Å²) in [4.78, 5) is 6.81. The molecule has 0 aromatic heterocycles. The third-order valence-electron chi connectivity index (χ3n) is 5.28. The largest absolute Gasteiger partial charge is 0.497 e. The molecule has 7 nitrogen and oxygen atoms in total. The highest BCUT2D eigenvalue weighted by Crippen LogP contribution is 2.39. The van der Waals surface area contributed by atoms with Crippen LogP contribution < -0.4 is 19.1 Å². The molecule has 0 amide bonds. The summed E-state index contributed by atoms with van der Waals surface area (Å²) in [5, 5.41) is 0.822. The second-order valence-corrected chi connectivity index (χ2v) is 10.3. The molecular formula is C21H24N2O5S2. The number of methoxy groups -OCH3 is 3. The summed E-state index contributed by atoms with van der Waals surface area (Å²) in [6.45, 7) is 0. The molecule has 4 rings (SSSR count). The van der Waals surface area contributed by atoms with Gasteiger partial charge in [-0.1, -0.05) is 23.9 Å². The highest BCUT2D eigenvalue weighted by molar-refractivity contribution is 8.13. The Morgan fingerprint density at radius 3 is 2.40 bits per heavy atom. The predicted molar refractivity (Wildman–Crippen MR) is 120 cm³/mol. The summed E-state index contributed by atoms with van der Waals surface area (Å²) in [6.07, 6.45) is 0. The molecule has 1 fully saturated rings. The Hall–Kier alpha value is -2.39. The summed E-state index contributed by atoms with van der Waals surface area (Å²) in [5.74, 6) is 2.95. The minimum Gasteiger partial charge on any atom is -0.497 e. The predicted octanol–water partition coefficient (Wildman–Crippen LogP) is 2.99. The normalized spacial score (nSPS) is 21.8. The lowest BCUT2D eigenvalue weighted by atomic mass is 10.1. The third kappa shape index (κ3) is 4.09. The Bertz CT molecular complexity index is 1050. The molecule has 0 aliphatic carbocycles. The zero-order valence-electron chi connectivity index (χ0n) is 17.1. The number of benzene rings is 2. The van der Waals surface area contributed by atoms with Crippen LogP contribution in [-0.4, -0.2) is 58.5 Å². The van der Waals surface area contributed by atoms with Gasteiger partial charge in [0.25, 0.3) is 0 Å². The van der Waals surface area contributed by atoms with Crippen LogP contribution in [-0.2, 0) is 15.6 Å².